The SMILES string of the molecule is C=C(C)c1ccc(-c2cccc3c2sc2ccccc23)cc1. The molecule has 1 heteroatoms. The molecule has 22 heavy (non-hydrogen) atoms. The first-order chi connectivity index (χ1) is 10.7. The third-order valence-electron chi connectivity index (χ3n) is 4.09. The van der Waals surface area contributed by atoms with Crippen molar-refractivity contribution in [1.29, 1.82) is 0 Å². The van der Waals surface area contributed by atoms with Crippen molar-refractivity contribution in [2.24, 2.45) is 0 Å². The van der Waals surface area contributed by atoms with Crippen LogP contribution in [0, 0.1) is 0 Å². The molecule has 0 aliphatic heterocycles. The van der Waals surface area contributed by atoms with Crippen LogP contribution in [-0.2, 0) is 0 Å². The van der Waals surface area contributed by atoms with Crippen molar-refractivity contribution in [1.82, 2.24) is 0 Å². The molecule has 0 atom stereocenters. The van der Waals surface area contributed by atoms with Gasteiger partial charge in [0.2, 0.25) is 0 Å². The molecule has 0 nitrogen and oxygen atoms in total. The fourth-order valence-corrected chi connectivity index (χ4v) is 4.15. The molecule has 106 valence electrons. The summed E-state index contributed by atoms with van der Waals surface area (Å²) in [5.74, 6) is 0. The summed E-state index contributed by atoms with van der Waals surface area (Å²) in [6, 6.07) is 23.9. The van der Waals surface area contributed by atoms with Crippen LogP contribution in [0.2, 0.25) is 0 Å². The monoisotopic (exact) mass is 300 g/mol. The highest BCUT2D eigenvalue weighted by atomic mass is 32.1. The van der Waals surface area contributed by atoms with E-state index in [0.29, 0.717) is 0 Å². The summed E-state index contributed by atoms with van der Waals surface area (Å²) in [5.41, 5.74) is 4.88. The topological polar surface area (TPSA) is 0 Å². The second-order valence-electron chi connectivity index (χ2n) is 5.64. The van der Waals surface area contributed by atoms with E-state index in [1.165, 1.54) is 36.9 Å². The van der Waals surface area contributed by atoms with Crippen molar-refractivity contribution in [3.63, 3.8) is 0 Å². The maximum absolute atomic E-state index is 4.01. The lowest BCUT2D eigenvalue weighted by molar-refractivity contribution is 1.57. The van der Waals surface area contributed by atoms with E-state index in [1.54, 1.807) is 0 Å². The Balaban J connectivity index is 1.96. The van der Waals surface area contributed by atoms with Crippen LogP contribution in [0.4, 0.5) is 0 Å². The number of rotatable bonds is 2. The van der Waals surface area contributed by atoms with Crippen LogP contribution >= 0.6 is 11.3 Å². The predicted molar refractivity (Wildman–Crippen MR) is 99.5 cm³/mol. The zero-order valence-corrected chi connectivity index (χ0v) is 13.3. The highest BCUT2D eigenvalue weighted by Gasteiger charge is 2.09. The number of hydrogen-bond acceptors (Lipinski definition) is 1. The van der Waals surface area contributed by atoms with Gasteiger partial charge >= 0.3 is 0 Å². The molecule has 0 aliphatic carbocycles. The first kappa shape index (κ1) is 13.3. The molecule has 4 rings (SSSR count). The lowest BCUT2D eigenvalue weighted by Gasteiger charge is -2.05. The number of hydrogen-bond donors (Lipinski definition) is 0. The Bertz CT molecular complexity index is 987. The van der Waals surface area contributed by atoms with Gasteiger partial charge in [0.05, 0.1) is 0 Å². The van der Waals surface area contributed by atoms with Crippen molar-refractivity contribution in [2.75, 3.05) is 0 Å². The van der Waals surface area contributed by atoms with Crippen molar-refractivity contribution >= 4 is 37.1 Å². The average molecular weight is 300 g/mol. The standard InChI is InChI=1S/C21H16S/c1-14(2)15-10-12-16(13-11-15)17-7-5-8-19-18-6-3-4-9-20(18)22-21(17)19/h3-13H,1H2,2H3. The zero-order chi connectivity index (χ0) is 15.1. The Morgan fingerprint density at radius 2 is 1.55 bits per heavy atom. The largest absolute Gasteiger partial charge is 0.135 e. The third-order valence-corrected chi connectivity index (χ3v) is 5.31. The van der Waals surface area contributed by atoms with Crippen molar-refractivity contribution < 1.29 is 0 Å². The first-order valence-corrected chi connectivity index (χ1v) is 8.22. The first-order valence-electron chi connectivity index (χ1n) is 7.40. The van der Waals surface area contributed by atoms with E-state index in [9.17, 15) is 0 Å². The van der Waals surface area contributed by atoms with Crippen LogP contribution in [0.25, 0.3) is 36.9 Å². The summed E-state index contributed by atoms with van der Waals surface area (Å²) >= 11 is 1.88. The molecule has 0 saturated carbocycles. The van der Waals surface area contributed by atoms with Crippen molar-refractivity contribution in [2.45, 2.75) is 6.92 Å². The Kier molecular flexibility index (Phi) is 3.09. The summed E-state index contributed by atoms with van der Waals surface area (Å²) in [6.45, 7) is 6.05. The predicted octanol–water partition coefficient (Wildman–Crippen LogP) is 6.75. The molecule has 0 saturated heterocycles. The number of benzene rings is 3. The molecule has 0 amide bonds. The molecular weight excluding hydrogens is 284 g/mol. The van der Waals surface area contributed by atoms with Gasteiger partial charge in [0, 0.05) is 20.2 Å². The van der Waals surface area contributed by atoms with Gasteiger partial charge in [-0.05, 0) is 29.7 Å². The van der Waals surface area contributed by atoms with Gasteiger partial charge in [0.25, 0.3) is 0 Å². The van der Waals surface area contributed by atoms with Gasteiger partial charge < -0.3 is 0 Å². The zero-order valence-electron chi connectivity index (χ0n) is 12.5. The molecule has 0 aliphatic rings. The Morgan fingerprint density at radius 3 is 2.32 bits per heavy atom. The van der Waals surface area contributed by atoms with Crippen LogP contribution < -0.4 is 0 Å². The molecule has 1 aromatic heterocycles. The van der Waals surface area contributed by atoms with E-state index in [2.05, 4.69) is 73.3 Å². The Hall–Kier alpha value is -2.38. The molecule has 0 N–H and O–H groups in total. The van der Waals surface area contributed by atoms with E-state index >= 15 is 0 Å². The summed E-state index contributed by atoms with van der Waals surface area (Å²) < 4.78 is 2.72. The van der Waals surface area contributed by atoms with E-state index in [4.69, 9.17) is 0 Å². The van der Waals surface area contributed by atoms with Crippen LogP contribution in [0.3, 0.4) is 0 Å². The normalized spacial score (nSPS) is 11.1. The summed E-state index contributed by atoms with van der Waals surface area (Å²) in [6.07, 6.45) is 0. The summed E-state index contributed by atoms with van der Waals surface area (Å²) in [7, 11) is 0. The number of allylic oxidation sites excluding steroid dienone is 1. The molecule has 0 radical (unpaired) electrons. The lowest BCUT2D eigenvalue weighted by Crippen LogP contribution is -1.81. The van der Waals surface area contributed by atoms with Gasteiger partial charge in [-0.2, -0.15) is 0 Å². The van der Waals surface area contributed by atoms with Crippen LogP contribution in [0.5, 0.6) is 0 Å². The van der Waals surface area contributed by atoms with Gasteiger partial charge in [-0.1, -0.05) is 72.8 Å². The average Bonchev–Trinajstić information content (AvgIpc) is 2.93. The molecule has 0 fully saturated rings. The molecule has 3 aromatic carbocycles. The molecule has 4 aromatic rings. The number of fused-ring (bicyclic) bond motifs is 3. The molecular formula is C21H16S. The maximum atomic E-state index is 4.01. The van der Waals surface area contributed by atoms with E-state index in [1.807, 2.05) is 18.3 Å². The van der Waals surface area contributed by atoms with Crippen LogP contribution in [0.15, 0.2) is 73.3 Å². The minimum Gasteiger partial charge on any atom is -0.135 e. The fourth-order valence-electron chi connectivity index (χ4n) is 2.91. The molecule has 0 bridgehead atoms. The van der Waals surface area contributed by atoms with Crippen molar-refractivity contribution in [3.05, 3.63) is 78.9 Å². The number of thiophene rings is 1. The fraction of sp³-hybridized carbons (Fsp3) is 0.0476. The summed E-state index contributed by atoms with van der Waals surface area (Å²) in [4.78, 5) is 0. The van der Waals surface area contributed by atoms with Crippen molar-refractivity contribution in [3.8, 4) is 11.1 Å². The highest BCUT2D eigenvalue weighted by molar-refractivity contribution is 7.26. The van der Waals surface area contributed by atoms with Crippen LogP contribution in [-0.4, -0.2) is 0 Å². The summed E-state index contributed by atoms with van der Waals surface area (Å²) in [5, 5.41) is 2.70. The lowest BCUT2D eigenvalue weighted by atomic mass is 10.00. The van der Waals surface area contributed by atoms with E-state index < -0.39 is 0 Å². The Labute approximate surface area is 134 Å². The van der Waals surface area contributed by atoms with Gasteiger partial charge in [-0.25, -0.2) is 0 Å². The smallest absolute Gasteiger partial charge is 0.0433 e. The maximum Gasteiger partial charge on any atom is 0.0433 e. The minimum absolute atomic E-state index is 1.10. The third kappa shape index (κ3) is 2.06. The highest BCUT2D eigenvalue weighted by Crippen LogP contribution is 2.39. The second kappa shape index (κ2) is 5.11. The Morgan fingerprint density at radius 1 is 0.818 bits per heavy atom. The molecule has 1 heterocycles. The van der Waals surface area contributed by atoms with Gasteiger partial charge in [0.15, 0.2) is 0 Å². The quantitative estimate of drug-likeness (QED) is 0.384. The molecule has 0 unspecified atom stereocenters. The molecule has 0 spiro atoms. The second-order valence-corrected chi connectivity index (χ2v) is 6.69. The van der Waals surface area contributed by atoms with Gasteiger partial charge in [-0.15, -0.1) is 11.3 Å². The van der Waals surface area contributed by atoms with E-state index in [-0.39, 0.29) is 0 Å². The van der Waals surface area contributed by atoms with E-state index in [0.717, 1.165) is 5.57 Å². The van der Waals surface area contributed by atoms with Gasteiger partial charge in [-0.3, -0.25) is 0 Å². The van der Waals surface area contributed by atoms with Gasteiger partial charge in [0.1, 0.15) is 0 Å². The van der Waals surface area contributed by atoms with Crippen LogP contribution in [0.1, 0.15) is 12.5 Å². The minimum atomic E-state index is 1.10.